The maximum atomic E-state index is 13.1. The summed E-state index contributed by atoms with van der Waals surface area (Å²) in [7, 11) is 0. The Hall–Kier alpha value is -1.06. The van der Waals surface area contributed by atoms with Crippen molar-refractivity contribution in [3.05, 3.63) is 29.3 Å². The second-order valence-electron chi connectivity index (χ2n) is 8.81. The summed E-state index contributed by atoms with van der Waals surface area (Å²) in [5, 5.41) is 3.34. The summed E-state index contributed by atoms with van der Waals surface area (Å²) in [5.74, 6) is 2.19. The lowest BCUT2D eigenvalue weighted by molar-refractivity contribution is -0.122. The van der Waals surface area contributed by atoms with Crippen LogP contribution in [0.1, 0.15) is 82.8 Å². The number of hydrogen-bond donors (Lipinski definition) is 2. The number of halogens is 1. The molecule has 3 nitrogen and oxygen atoms in total. The molecule has 0 heterocycles. The van der Waals surface area contributed by atoms with E-state index in [-0.39, 0.29) is 24.2 Å². The lowest BCUT2D eigenvalue weighted by atomic mass is 9.65. The molecule has 2 unspecified atom stereocenters. The fourth-order valence-corrected chi connectivity index (χ4v) is 4.92. The van der Waals surface area contributed by atoms with Crippen LogP contribution in [0.2, 0.25) is 0 Å². The number of fused-ring (bicyclic) bond motifs is 2. The molecule has 2 saturated carbocycles. The van der Waals surface area contributed by atoms with Crippen molar-refractivity contribution < 1.29 is 4.79 Å². The molecule has 146 valence electrons. The summed E-state index contributed by atoms with van der Waals surface area (Å²) in [6, 6.07) is 6.73. The van der Waals surface area contributed by atoms with Gasteiger partial charge >= 0.3 is 0 Å². The largest absolute Gasteiger partial charge is 0.327 e. The predicted molar refractivity (Wildman–Crippen MR) is 112 cm³/mol. The van der Waals surface area contributed by atoms with Gasteiger partial charge in [0.2, 0.25) is 5.91 Å². The third-order valence-corrected chi connectivity index (χ3v) is 6.40. The Morgan fingerprint density at radius 1 is 1.04 bits per heavy atom. The standard InChI is InChI=1S/C22H34N2O.ClH/c1-13(2)18-9-6-10-19(14(3)4)21(18)24-22(25)17-11-15-7-5-8-16(12-17)20(15)23;/h6,9-10,13-17,20H,5,7-8,11-12,23H2,1-4H3,(H,24,25);1H. The molecule has 0 radical (unpaired) electrons. The van der Waals surface area contributed by atoms with Crippen LogP contribution < -0.4 is 11.1 Å². The van der Waals surface area contributed by atoms with Crippen LogP contribution in [0.25, 0.3) is 0 Å². The second-order valence-corrected chi connectivity index (χ2v) is 8.81. The normalized spacial score (nSPS) is 28.0. The Kier molecular flexibility index (Phi) is 7.15. The first-order chi connectivity index (χ1) is 11.9. The molecule has 1 amide bonds. The first kappa shape index (κ1) is 21.2. The number of hydrogen-bond acceptors (Lipinski definition) is 2. The lowest BCUT2D eigenvalue weighted by Gasteiger charge is -2.43. The molecule has 1 aromatic carbocycles. The van der Waals surface area contributed by atoms with Gasteiger partial charge in [-0.3, -0.25) is 4.79 Å². The molecular formula is C22H35ClN2O. The van der Waals surface area contributed by atoms with Crippen molar-refractivity contribution in [1.29, 1.82) is 0 Å². The van der Waals surface area contributed by atoms with Gasteiger partial charge in [-0.15, -0.1) is 12.4 Å². The molecule has 0 saturated heterocycles. The molecule has 2 atom stereocenters. The van der Waals surface area contributed by atoms with E-state index in [9.17, 15) is 4.79 Å². The number of carbonyl (C=O) groups excluding carboxylic acids is 1. The number of nitrogens with two attached hydrogens (primary N) is 1. The van der Waals surface area contributed by atoms with Crippen molar-refractivity contribution in [1.82, 2.24) is 0 Å². The van der Waals surface area contributed by atoms with Gasteiger partial charge in [-0.1, -0.05) is 52.3 Å². The van der Waals surface area contributed by atoms with E-state index in [1.807, 2.05) is 0 Å². The van der Waals surface area contributed by atoms with E-state index >= 15 is 0 Å². The van der Waals surface area contributed by atoms with Crippen LogP contribution in [0.4, 0.5) is 5.69 Å². The SMILES string of the molecule is CC(C)c1cccc(C(C)C)c1NC(=O)C1CC2CCCC(C1)C2N.Cl. The second kappa shape index (κ2) is 8.75. The summed E-state index contributed by atoms with van der Waals surface area (Å²) in [6.45, 7) is 8.77. The quantitative estimate of drug-likeness (QED) is 0.732. The van der Waals surface area contributed by atoms with Crippen LogP contribution in [-0.2, 0) is 4.79 Å². The number of anilines is 1. The fraction of sp³-hybridized carbons (Fsp3) is 0.682. The van der Waals surface area contributed by atoms with E-state index in [0.29, 0.717) is 29.7 Å². The van der Waals surface area contributed by atoms with Gasteiger partial charge in [0, 0.05) is 17.6 Å². The predicted octanol–water partition coefficient (Wildman–Crippen LogP) is 5.45. The van der Waals surface area contributed by atoms with Gasteiger partial charge in [0.25, 0.3) is 0 Å². The molecule has 0 spiro atoms. The highest BCUT2D eigenvalue weighted by Gasteiger charge is 2.40. The Balaban J connectivity index is 0.00000243. The van der Waals surface area contributed by atoms with Crippen LogP contribution in [0.5, 0.6) is 0 Å². The van der Waals surface area contributed by atoms with Crippen molar-refractivity contribution in [3.8, 4) is 0 Å². The number of nitrogens with one attached hydrogen (secondary N) is 1. The topological polar surface area (TPSA) is 55.1 Å². The van der Waals surface area contributed by atoms with Crippen LogP contribution in [-0.4, -0.2) is 11.9 Å². The molecule has 2 aliphatic rings. The summed E-state index contributed by atoms with van der Waals surface area (Å²) in [6.07, 6.45) is 5.60. The van der Waals surface area contributed by atoms with Crippen molar-refractivity contribution in [2.75, 3.05) is 5.32 Å². The molecule has 26 heavy (non-hydrogen) atoms. The van der Waals surface area contributed by atoms with Crippen molar-refractivity contribution >= 4 is 24.0 Å². The van der Waals surface area contributed by atoms with Crippen molar-refractivity contribution in [2.24, 2.45) is 23.5 Å². The maximum Gasteiger partial charge on any atom is 0.227 e. The van der Waals surface area contributed by atoms with E-state index in [0.717, 1.165) is 18.5 Å². The number of amides is 1. The van der Waals surface area contributed by atoms with E-state index < -0.39 is 0 Å². The molecule has 4 heteroatoms. The first-order valence-corrected chi connectivity index (χ1v) is 10.1. The summed E-state index contributed by atoms with van der Waals surface area (Å²) in [5.41, 5.74) is 9.93. The van der Waals surface area contributed by atoms with E-state index in [1.165, 1.54) is 30.4 Å². The minimum atomic E-state index is 0. The molecule has 2 aliphatic carbocycles. The first-order valence-electron chi connectivity index (χ1n) is 10.1. The number of carbonyl (C=O) groups is 1. The zero-order valence-corrected chi connectivity index (χ0v) is 17.4. The lowest BCUT2D eigenvalue weighted by Crippen LogP contribution is -2.48. The smallest absolute Gasteiger partial charge is 0.227 e. The third kappa shape index (κ3) is 4.26. The number of benzene rings is 1. The van der Waals surface area contributed by atoms with E-state index in [2.05, 4.69) is 51.2 Å². The highest BCUT2D eigenvalue weighted by Crippen LogP contribution is 2.42. The van der Waals surface area contributed by atoms with Gasteiger partial charge in [0.15, 0.2) is 0 Å². The van der Waals surface area contributed by atoms with Gasteiger partial charge in [0.1, 0.15) is 0 Å². The molecular weight excluding hydrogens is 344 g/mol. The van der Waals surface area contributed by atoms with Gasteiger partial charge in [0.05, 0.1) is 0 Å². The molecule has 2 fully saturated rings. The summed E-state index contributed by atoms with van der Waals surface area (Å²) in [4.78, 5) is 13.1. The minimum absolute atomic E-state index is 0. The Morgan fingerprint density at radius 2 is 1.54 bits per heavy atom. The van der Waals surface area contributed by atoms with Crippen LogP contribution >= 0.6 is 12.4 Å². The molecule has 3 rings (SSSR count). The van der Waals surface area contributed by atoms with Crippen molar-refractivity contribution in [3.63, 3.8) is 0 Å². The fourth-order valence-electron chi connectivity index (χ4n) is 4.92. The number of rotatable bonds is 4. The zero-order valence-electron chi connectivity index (χ0n) is 16.6. The minimum Gasteiger partial charge on any atom is -0.327 e. The monoisotopic (exact) mass is 378 g/mol. The third-order valence-electron chi connectivity index (χ3n) is 6.40. The van der Waals surface area contributed by atoms with Crippen LogP contribution in [0.3, 0.4) is 0 Å². The number of para-hydroxylation sites is 1. The molecule has 0 aliphatic heterocycles. The molecule has 0 aromatic heterocycles. The van der Waals surface area contributed by atoms with Gasteiger partial charge in [-0.05, 0) is 60.5 Å². The molecule has 2 bridgehead atoms. The Morgan fingerprint density at radius 3 is 2.00 bits per heavy atom. The molecule has 3 N–H and O–H groups in total. The van der Waals surface area contributed by atoms with Gasteiger partial charge in [-0.25, -0.2) is 0 Å². The van der Waals surface area contributed by atoms with Gasteiger partial charge in [-0.2, -0.15) is 0 Å². The van der Waals surface area contributed by atoms with Crippen LogP contribution in [0, 0.1) is 17.8 Å². The van der Waals surface area contributed by atoms with Crippen molar-refractivity contribution in [2.45, 2.75) is 77.7 Å². The summed E-state index contributed by atoms with van der Waals surface area (Å²) >= 11 is 0. The Bertz CT molecular complexity index is 588. The average Bonchev–Trinajstić information content (AvgIpc) is 2.54. The summed E-state index contributed by atoms with van der Waals surface area (Å²) < 4.78 is 0. The van der Waals surface area contributed by atoms with Gasteiger partial charge < -0.3 is 11.1 Å². The Labute approximate surface area is 164 Å². The van der Waals surface area contributed by atoms with E-state index in [1.54, 1.807) is 0 Å². The van der Waals surface area contributed by atoms with E-state index in [4.69, 9.17) is 5.73 Å². The molecule has 1 aromatic rings. The highest BCUT2D eigenvalue weighted by molar-refractivity contribution is 5.94. The average molecular weight is 379 g/mol. The highest BCUT2D eigenvalue weighted by atomic mass is 35.5. The maximum absolute atomic E-state index is 13.1. The van der Waals surface area contributed by atoms with Crippen LogP contribution in [0.15, 0.2) is 18.2 Å². The zero-order chi connectivity index (χ0) is 18.1.